The molecule has 0 N–H and O–H groups in total. The average molecular weight is 540 g/mol. The van der Waals surface area contributed by atoms with Gasteiger partial charge in [-0.05, 0) is 73.4 Å². The van der Waals surface area contributed by atoms with E-state index in [1.165, 1.54) is 40.4 Å². The predicted molar refractivity (Wildman–Crippen MR) is 143 cm³/mol. The van der Waals surface area contributed by atoms with E-state index < -0.39 is 15.9 Å². The van der Waals surface area contributed by atoms with Crippen molar-refractivity contribution in [3.05, 3.63) is 72.2 Å². The number of nitrogens with zero attached hydrogens (tertiary/aromatic N) is 3. The second-order valence-corrected chi connectivity index (χ2v) is 12.0. The second kappa shape index (κ2) is 10.6. The van der Waals surface area contributed by atoms with Crippen LogP contribution in [0.4, 0.5) is 5.13 Å². The average Bonchev–Trinajstić information content (AvgIpc) is 3.60. The van der Waals surface area contributed by atoms with E-state index in [2.05, 4.69) is 13.0 Å². The van der Waals surface area contributed by atoms with E-state index in [0.29, 0.717) is 36.0 Å². The van der Waals surface area contributed by atoms with Gasteiger partial charge in [-0.1, -0.05) is 24.3 Å². The summed E-state index contributed by atoms with van der Waals surface area (Å²) in [6, 6.07) is 16.1. The zero-order valence-corrected chi connectivity index (χ0v) is 22.4. The monoisotopic (exact) mass is 539 g/mol. The fourth-order valence-electron chi connectivity index (χ4n) is 4.57. The summed E-state index contributed by atoms with van der Waals surface area (Å²) < 4.78 is 39.9. The fraction of sp³-hybridized carbons (Fsp3) is 0.333. The molecule has 1 amide bonds. The Labute approximate surface area is 220 Å². The third kappa shape index (κ3) is 5.27. The maximum atomic E-state index is 13.9. The van der Waals surface area contributed by atoms with E-state index in [-0.39, 0.29) is 23.9 Å². The number of benzene rings is 2. The number of fused-ring (bicyclic) bond motifs is 1. The highest BCUT2D eigenvalue weighted by Gasteiger charge is 2.36. The molecule has 0 spiro atoms. The molecule has 1 unspecified atom stereocenters. The molecule has 0 aliphatic carbocycles. The van der Waals surface area contributed by atoms with Crippen molar-refractivity contribution in [2.24, 2.45) is 5.92 Å². The number of carbonyl (C=O) groups is 1. The second-order valence-electron chi connectivity index (χ2n) is 9.03. The van der Waals surface area contributed by atoms with Crippen LogP contribution in [0.15, 0.2) is 70.2 Å². The van der Waals surface area contributed by atoms with Crippen molar-refractivity contribution in [2.45, 2.75) is 37.6 Å². The number of aromatic nitrogens is 1. The lowest BCUT2D eigenvalue weighted by molar-refractivity contribution is -0.123. The van der Waals surface area contributed by atoms with Gasteiger partial charge in [-0.15, -0.1) is 0 Å². The van der Waals surface area contributed by atoms with Crippen LogP contribution in [0, 0.1) is 5.92 Å². The van der Waals surface area contributed by atoms with Crippen LogP contribution in [0.2, 0.25) is 0 Å². The zero-order valence-electron chi connectivity index (χ0n) is 20.8. The molecule has 1 fully saturated rings. The molecule has 2 aromatic carbocycles. The van der Waals surface area contributed by atoms with Crippen molar-refractivity contribution in [3.63, 3.8) is 0 Å². The van der Waals surface area contributed by atoms with E-state index in [4.69, 9.17) is 14.1 Å². The Kier molecular flexibility index (Phi) is 7.32. The Morgan fingerprint density at radius 3 is 2.73 bits per heavy atom. The molecule has 1 aliphatic heterocycles. The Bertz CT molecular complexity index is 1480. The molecule has 4 aromatic rings. The molecule has 3 heterocycles. The minimum Gasteiger partial charge on any atom is -0.497 e. The summed E-state index contributed by atoms with van der Waals surface area (Å²) in [5, 5.41) is 0.583. The van der Waals surface area contributed by atoms with Crippen molar-refractivity contribution in [1.29, 1.82) is 0 Å². The van der Waals surface area contributed by atoms with Gasteiger partial charge in [0.1, 0.15) is 11.5 Å². The SMILES string of the molecule is CCc1ccc2nc(N(Cc3ccco3)C(=O)C3CCCN(S(=O)(=O)c4ccc(OC)cc4)C3)sc2c1. The molecule has 37 heavy (non-hydrogen) atoms. The van der Waals surface area contributed by atoms with Gasteiger partial charge in [0.25, 0.3) is 0 Å². The lowest BCUT2D eigenvalue weighted by Crippen LogP contribution is -2.46. The van der Waals surface area contributed by atoms with Crippen LogP contribution in [0.25, 0.3) is 10.2 Å². The van der Waals surface area contributed by atoms with Gasteiger partial charge in [-0.3, -0.25) is 9.69 Å². The third-order valence-corrected chi connectivity index (χ3v) is 9.59. The summed E-state index contributed by atoms with van der Waals surface area (Å²) in [6.45, 7) is 2.82. The van der Waals surface area contributed by atoms with Gasteiger partial charge in [-0.2, -0.15) is 4.31 Å². The molecule has 0 bridgehead atoms. The first kappa shape index (κ1) is 25.4. The highest BCUT2D eigenvalue weighted by atomic mass is 32.2. The zero-order chi connectivity index (χ0) is 26.0. The van der Waals surface area contributed by atoms with Gasteiger partial charge in [0.05, 0.1) is 40.9 Å². The van der Waals surface area contributed by atoms with Gasteiger partial charge in [0, 0.05) is 13.1 Å². The number of carbonyl (C=O) groups excluding carboxylic acids is 1. The van der Waals surface area contributed by atoms with Crippen LogP contribution in [-0.4, -0.2) is 43.8 Å². The van der Waals surface area contributed by atoms with Crippen LogP contribution in [0.5, 0.6) is 5.75 Å². The number of hydrogen-bond donors (Lipinski definition) is 0. The molecule has 1 aliphatic rings. The smallest absolute Gasteiger partial charge is 0.243 e. The lowest BCUT2D eigenvalue weighted by Gasteiger charge is -2.33. The van der Waals surface area contributed by atoms with Gasteiger partial charge in [0.15, 0.2) is 5.13 Å². The van der Waals surface area contributed by atoms with E-state index in [9.17, 15) is 13.2 Å². The molecule has 0 saturated carbocycles. The summed E-state index contributed by atoms with van der Waals surface area (Å²) >= 11 is 1.46. The van der Waals surface area contributed by atoms with Crippen LogP contribution in [-0.2, 0) is 27.8 Å². The molecule has 10 heteroatoms. The molecular weight excluding hydrogens is 510 g/mol. The van der Waals surface area contributed by atoms with E-state index >= 15 is 0 Å². The molecule has 8 nitrogen and oxygen atoms in total. The Hall–Kier alpha value is -3.21. The molecule has 194 valence electrons. The van der Waals surface area contributed by atoms with Crippen molar-refractivity contribution in [3.8, 4) is 5.75 Å². The number of anilines is 1. The molecule has 0 radical (unpaired) electrons. The van der Waals surface area contributed by atoms with Crippen LogP contribution < -0.4 is 9.64 Å². The molecular formula is C27H29N3O5S2. The van der Waals surface area contributed by atoms with E-state index in [1.807, 2.05) is 18.2 Å². The van der Waals surface area contributed by atoms with Crippen LogP contribution in [0.3, 0.4) is 0 Å². The van der Waals surface area contributed by atoms with E-state index in [1.54, 1.807) is 29.4 Å². The number of aryl methyl sites for hydroxylation is 1. The minimum absolute atomic E-state index is 0.118. The van der Waals surface area contributed by atoms with Gasteiger partial charge >= 0.3 is 0 Å². The number of hydrogen-bond acceptors (Lipinski definition) is 7. The maximum absolute atomic E-state index is 13.9. The third-order valence-electron chi connectivity index (χ3n) is 6.67. The summed E-state index contributed by atoms with van der Waals surface area (Å²) in [5.74, 6) is 0.581. The first-order chi connectivity index (χ1) is 17.9. The first-order valence-corrected chi connectivity index (χ1v) is 14.5. The van der Waals surface area contributed by atoms with E-state index in [0.717, 1.165) is 16.6 Å². The summed E-state index contributed by atoms with van der Waals surface area (Å²) in [4.78, 5) is 20.5. The largest absolute Gasteiger partial charge is 0.497 e. The Morgan fingerprint density at radius 2 is 2.03 bits per heavy atom. The van der Waals surface area contributed by atoms with Crippen molar-refractivity contribution in [1.82, 2.24) is 9.29 Å². The van der Waals surface area contributed by atoms with Crippen LogP contribution in [0.1, 0.15) is 31.1 Å². The summed E-state index contributed by atoms with van der Waals surface area (Å²) in [5.41, 5.74) is 2.04. The topological polar surface area (TPSA) is 93.0 Å². The minimum atomic E-state index is -3.75. The number of methoxy groups -OCH3 is 1. The Balaban J connectivity index is 1.42. The van der Waals surface area contributed by atoms with Crippen molar-refractivity contribution < 1.29 is 22.4 Å². The lowest BCUT2D eigenvalue weighted by atomic mass is 9.98. The molecule has 1 saturated heterocycles. The number of rotatable bonds is 8. The number of amides is 1. The van der Waals surface area contributed by atoms with Crippen LogP contribution >= 0.6 is 11.3 Å². The van der Waals surface area contributed by atoms with Crippen molar-refractivity contribution >= 4 is 42.6 Å². The Morgan fingerprint density at radius 1 is 1.22 bits per heavy atom. The van der Waals surface area contributed by atoms with Gasteiger partial charge in [0.2, 0.25) is 15.9 Å². The first-order valence-electron chi connectivity index (χ1n) is 12.3. The number of sulfonamides is 1. The van der Waals surface area contributed by atoms with Gasteiger partial charge < -0.3 is 9.15 Å². The fourth-order valence-corrected chi connectivity index (χ4v) is 7.13. The highest BCUT2D eigenvalue weighted by molar-refractivity contribution is 7.89. The normalized spacial score (nSPS) is 16.6. The number of thiazole rings is 1. The van der Waals surface area contributed by atoms with Crippen molar-refractivity contribution in [2.75, 3.05) is 25.1 Å². The standard InChI is InChI=1S/C27H29N3O5S2/c1-3-19-8-13-24-25(16-19)36-27(28-24)30(18-22-7-5-15-35-22)26(31)20-6-4-14-29(17-20)37(32,33)23-11-9-21(34-2)10-12-23/h5,7-13,15-16,20H,3-4,6,14,17-18H2,1-2H3. The molecule has 1 atom stereocenters. The molecule has 2 aromatic heterocycles. The number of ether oxygens (including phenoxy) is 1. The molecule has 5 rings (SSSR count). The van der Waals surface area contributed by atoms with Gasteiger partial charge in [-0.25, -0.2) is 13.4 Å². The quantitative estimate of drug-likeness (QED) is 0.310. The number of piperidine rings is 1. The number of furan rings is 1. The summed E-state index contributed by atoms with van der Waals surface area (Å²) in [6.07, 6.45) is 3.69. The predicted octanol–water partition coefficient (Wildman–Crippen LogP) is 5.09. The summed E-state index contributed by atoms with van der Waals surface area (Å²) in [7, 11) is -2.21. The highest BCUT2D eigenvalue weighted by Crippen LogP contribution is 2.33. The maximum Gasteiger partial charge on any atom is 0.243 e.